The molecule has 0 amide bonds. The summed E-state index contributed by atoms with van der Waals surface area (Å²) < 4.78 is 26.2. The lowest BCUT2D eigenvalue weighted by Crippen LogP contribution is -2.59. The van der Waals surface area contributed by atoms with Crippen molar-refractivity contribution in [2.24, 2.45) is 11.0 Å². The number of fused-ring (bicyclic) bond motifs is 3. The van der Waals surface area contributed by atoms with Crippen LogP contribution in [0.4, 0.5) is 0 Å². The first-order chi connectivity index (χ1) is 16.8. The number of nitrogens with zero attached hydrogens (tertiary/aromatic N) is 2. The summed E-state index contributed by atoms with van der Waals surface area (Å²) in [6.07, 6.45) is 2.82. The molecule has 0 saturated heterocycles. The van der Waals surface area contributed by atoms with Crippen molar-refractivity contribution in [2.45, 2.75) is 48.5 Å². The number of benzene rings is 3. The van der Waals surface area contributed by atoms with Crippen LogP contribution in [0.1, 0.15) is 47.8 Å². The fourth-order valence-electron chi connectivity index (χ4n) is 6.08. The maximum Gasteiger partial charge on any atom is 0.276 e. The first-order valence-electron chi connectivity index (χ1n) is 12.2. The van der Waals surface area contributed by atoms with Crippen LogP contribution in [0.25, 0.3) is 0 Å². The second-order valence-corrected chi connectivity index (χ2v) is 11.9. The fraction of sp³-hybridized carbons (Fsp3) is 0.345. The fourth-order valence-corrected chi connectivity index (χ4v) is 6.91. The molecule has 0 aliphatic heterocycles. The number of aryl methyl sites for hydroxylation is 1. The Labute approximate surface area is 208 Å². The van der Waals surface area contributed by atoms with Crippen LogP contribution in [-0.4, -0.2) is 38.7 Å². The van der Waals surface area contributed by atoms with Gasteiger partial charge in [-0.2, -0.15) is 13.5 Å². The molecule has 3 aliphatic carbocycles. The van der Waals surface area contributed by atoms with E-state index >= 15 is 0 Å². The zero-order valence-corrected chi connectivity index (χ0v) is 21.4. The highest BCUT2D eigenvalue weighted by atomic mass is 32.2. The third-order valence-corrected chi connectivity index (χ3v) is 9.23. The molecule has 3 aromatic rings. The highest BCUT2D eigenvalue weighted by Crippen LogP contribution is 2.58. The number of hydrogen-bond acceptors (Lipinski definition) is 4. The molecule has 2 atom stereocenters. The Hall–Kier alpha value is -2.96. The minimum absolute atomic E-state index is 0.0934. The molecule has 0 spiro atoms. The van der Waals surface area contributed by atoms with Gasteiger partial charge in [-0.1, -0.05) is 78.4 Å². The number of nitrogens with one attached hydrogen (secondary N) is 1. The second kappa shape index (κ2) is 9.25. The van der Waals surface area contributed by atoms with Gasteiger partial charge in [0.1, 0.15) is 0 Å². The van der Waals surface area contributed by atoms with Gasteiger partial charge < -0.3 is 4.90 Å². The zero-order chi connectivity index (χ0) is 24.6. The monoisotopic (exact) mass is 487 g/mol. The van der Waals surface area contributed by atoms with Crippen molar-refractivity contribution in [2.75, 3.05) is 14.1 Å². The van der Waals surface area contributed by atoms with Gasteiger partial charge in [0.25, 0.3) is 10.0 Å². The van der Waals surface area contributed by atoms with Gasteiger partial charge in [0.05, 0.1) is 4.90 Å². The molecular weight excluding hydrogens is 454 g/mol. The zero-order valence-electron chi connectivity index (χ0n) is 20.6. The first kappa shape index (κ1) is 23.8. The summed E-state index contributed by atoms with van der Waals surface area (Å²) in [6, 6.07) is 28.1. The van der Waals surface area contributed by atoms with Crippen LogP contribution in [0, 0.1) is 12.8 Å². The van der Waals surface area contributed by atoms with Gasteiger partial charge in [-0.15, -0.1) is 0 Å². The lowest BCUT2D eigenvalue weighted by atomic mass is 9.52. The van der Waals surface area contributed by atoms with Crippen molar-refractivity contribution in [1.82, 2.24) is 9.73 Å². The molecule has 1 N–H and O–H groups in total. The van der Waals surface area contributed by atoms with Crippen molar-refractivity contribution < 1.29 is 8.42 Å². The average Bonchev–Trinajstić information content (AvgIpc) is 2.88. The highest BCUT2D eigenvalue weighted by molar-refractivity contribution is 7.89. The molecule has 5 nitrogen and oxygen atoms in total. The van der Waals surface area contributed by atoms with E-state index in [0.29, 0.717) is 0 Å². The molecule has 3 fully saturated rings. The molecule has 3 aromatic carbocycles. The Balaban J connectivity index is 1.59. The van der Waals surface area contributed by atoms with Gasteiger partial charge in [0.15, 0.2) is 0 Å². The van der Waals surface area contributed by atoms with E-state index in [2.05, 4.69) is 77.5 Å². The van der Waals surface area contributed by atoms with Crippen LogP contribution < -0.4 is 4.83 Å². The van der Waals surface area contributed by atoms with Crippen molar-refractivity contribution in [3.63, 3.8) is 0 Å². The van der Waals surface area contributed by atoms with Crippen LogP contribution in [0.15, 0.2) is 94.9 Å². The minimum Gasteiger partial charge on any atom is -0.303 e. The SMILES string of the molecule is Cc1ccc(S(=O)(=O)N/N=C2/CC3(N(C)C)C[C@@H](c4ccccc4)C2[C@H](c2ccccc2)C3)cc1. The molecule has 0 radical (unpaired) electrons. The summed E-state index contributed by atoms with van der Waals surface area (Å²) in [5.41, 5.74) is 4.44. The molecule has 182 valence electrons. The smallest absolute Gasteiger partial charge is 0.276 e. The number of sulfonamides is 1. The van der Waals surface area contributed by atoms with Gasteiger partial charge in [0.2, 0.25) is 0 Å². The topological polar surface area (TPSA) is 61.8 Å². The van der Waals surface area contributed by atoms with Crippen LogP contribution in [0.2, 0.25) is 0 Å². The van der Waals surface area contributed by atoms with Gasteiger partial charge in [-0.3, -0.25) is 0 Å². The summed E-state index contributed by atoms with van der Waals surface area (Å²) in [6.45, 7) is 1.94. The molecule has 6 rings (SSSR count). The van der Waals surface area contributed by atoms with E-state index in [0.717, 1.165) is 30.5 Å². The first-order valence-corrected chi connectivity index (χ1v) is 13.7. The summed E-state index contributed by atoms with van der Waals surface area (Å²) in [5.74, 6) is 0.644. The highest BCUT2D eigenvalue weighted by Gasteiger charge is 2.55. The van der Waals surface area contributed by atoms with Crippen LogP contribution in [-0.2, 0) is 10.0 Å². The third kappa shape index (κ3) is 4.53. The molecule has 3 saturated carbocycles. The van der Waals surface area contributed by atoms with Crippen molar-refractivity contribution in [1.29, 1.82) is 0 Å². The largest absolute Gasteiger partial charge is 0.303 e. The van der Waals surface area contributed by atoms with Crippen LogP contribution >= 0.6 is 0 Å². The molecule has 6 heteroatoms. The predicted molar refractivity (Wildman–Crippen MR) is 141 cm³/mol. The van der Waals surface area contributed by atoms with E-state index in [4.69, 9.17) is 0 Å². The van der Waals surface area contributed by atoms with E-state index < -0.39 is 10.0 Å². The maximum absolute atomic E-state index is 13.1. The molecule has 0 unspecified atom stereocenters. The molecule has 2 bridgehead atoms. The molecule has 0 heterocycles. The van der Waals surface area contributed by atoms with Gasteiger partial charge >= 0.3 is 0 Å². The standard InChI is InChI=1S/C29H33N3O2S/c1-21-14-16-24(17-15-21)35(33,34)31-30-27-20-29(32(2)3)18-25(22-10-6-4-7-11-22)28(27)26(19-29)23-12-8-5-9-13-23/h4-17,25-26,28,31H,18-20H2,1-3H3/b30-27-/t25-,26-,28?,29?/m0/s1. The Morgan fingerprint density at radius 3 is 1.83 bits per heavy atom. The number of hydrogen-bond donors (Lipinski definition) is 1. The quantitative estimate of drug-likeness (QED) is 0.479. The van der Waals surface area contributed by atoms with E-state index in [1.54, 1.807) is 12.1 Å². The normalized spacial score (nSPS) is 27.3. The van der Waals surface area contributed by atoms with Crippen LogP contribution in [0.5, 0.6) is 0 Å². The third-order valence-electron chi connectivity index (χ3n) is 8.01. The van der Waals surface area contributed by atoms with Gasteiger partial charge in [-0.25, -0.2) is 4.83 Å². The van der Waals surface area contributed by atoms with Crippen molar-refractivity contribution in [3.8, 4) is 0 Å². The van der Waals surface area contributed by atoms with E-state index in [1.165, 1.54) is 11.1 Å². The minimum atomic E-state index is -3.75. The van der Waals surface area contributed by atoms with Crippen molar-refractivity contribution in [3.05, 3.63) is 102 Å². The molecule has 0 aromatic heterocycles. The Morgan fingerprint density at radius 1 is 0.829 bits per heavy atom. The van der Waals surface area contributed by atoms with Gasteiger partial charge in [-0.05, 0) is 69.0 Å². The number of hydrazone groups is 1. The molecule has 3 aliphatic rings. The maximum atomic E-state index is 13.1. The Morgan fingerprint density at radius 2 is 1.34 bits per heavy atom. The lowest BCUT2D eigenvalue weighted by Gasteiger charge is -2.58. The van der Waals surface area contributed by atoms with Gasteiger partial charge in [0, 0.05) is 23.6 Å². The lowest BCUT2D eigenvalue weighted by molar-refractivity contribution is 0.0487. The Bertz CT molecular complexity index is 1250. The van der Waals surface area contributed by atoms with Crippen LogP contribution in [0.3, 0.4) is 0 Å². The number of rotatable bonds is 6. The molecular formula is C29H33N3O2S. The summed E-state index contributed by atoms with van der Waals surface area (Å²) in [4.78, 5) is 5.15. The Kier molecular flexibility index (Phi) is 6.28. The summed E-state index contributed by atoms with van der Waals surface area (Å²) in [5, 5.41) is 4.67. The summed E-state index contributed by atoms with van der Waals surface area (Å²) >= 11 is 0. The summed E-state index contributed by atoms with van der Waals surface area (Å²) in [7, 11) is 0.537. The van der Waals surface area contributed by atoms with E-state index in [1.807, 2.05) is 31.2 Å². The average molecular weight is 488 g/mol. The molecule has 35 heavy (non-hydrogen) atoms. The predicted octanol–water partition coefficient (Wildman–Crippen LogP) is 5.31. The van der Waals surface area contributed by atoms with E-state index in [-0.39, 0.29) is 28.2 Å². The second-order valence-electron chi connectivity index (χ2n) is 10.3. The van der Waals surface area contributed by atoms with Crippen molar-refractivity contribution >= 4 is 15.7 Å². The van der Waals surface area contributed by atoms with E-state index in [9.17, 15) is 8.42 Å².